The summed E-state index contributed by atoms with van der Waals surface area (Å²) in [5.41, 5.74) is 2.33. The van der Waals surface area contributed by atoms with Crippen molar-refractivity contribution >= 4 is 34.5 Å². The third-order valence-electron chi connectivity index (χ3n) is 4.05. The topological polar surface area (TPSA) is 71.4 Å². The van der Waals surface area contributed by atoms with Gasteiger partial charge in [0.25, 0.3) is 0 Å². The fraction of sp³-hybridized carbons (Fsp3) is 0.353. The summed E-state index contributed by atoms with van der Waals surface area (Å²) >= 11 is 1.14. The first kappa shape index (κ1) is 16.4. The normalized spacial score (nSPS) is 14.2. The molecule has 1 aliphatic heterocycles. The first-order valence-corrected chi connectivity index (χ1v) is 8.78. The first-order chi connectivity index (χ1) is 11.5. The minimum absolute atomic E-state index is 0.0464. The van der Waals surface area contributed by atoms with Crippen LogP contribution >= 0.6 is 11.3 Å². The summed E-state index contributed by atoms with van der Waals surface area (Å²) in [7, 11) is 0. The van der Waals surface area contributed by atoms with Crippen molar-refractivity contribution in [2.24, 2.45) is 0 Å². The minimum Gasteiger partial charge on any atom is -0.326 e. The number of thiazole rings is 1. The van der Waals surface area contributed by atoms with Crippen molar-refractivity contribution in [2.45, 2.75) is 32.7 Å². The molecule has 1 saturated heterocycles. The molecule has 0 saturated carbocycles. The number of aryl methyl sites for hydroxylation is 1. The molecule has 2 amide bonds. The number of hydrogen-bond donors (Lipinski definition) is 1. The zero-order valence-corrected chi connectivity index (χ0v) is 14.3. The van der Waals surface area contributed by atoms with Crippen LogP contribution in [-0.4, -0.2) is 22.9 Å². The van der Waals surface area contributed by atoms with E-state index in [1.165, 1.54) is 0 Å². The molecular weight excluding hydrogens is 326 g/mol. The van der Waals surface area contributed by atoms with Gasteiger partial charge in [-0.25, -0.2) is 0 Å². The van der Waals surface area contributed by atoms with Crippen LogP contribution in [0.2, 0.25) is 0 Å². The minimum atomic E-state index is -0.155. The van der Waals surface area contributed by atoms with E-state index < -0.39 is 0 Å². The molecule has 1 N–H and O–H groups in total. The van der Waals surface area contributed by atoms with E-state index >= 15 is 0 Å². The number of benzene rings is 1. The Morgan fingerprint density at radius 2 is 2.17 bits per heavy atom. The van der Waals surface area contributed by atoms with E-state index in [9.17, 15) is 14.4 Å². The lowest BCUT2D eigenvalue weighted by Gasteiger charge is -2.16. The van der Waals surface area contributed by atoms with E-state index in [-0.39, 0.29) is 23.1 Å². The zero-order chi connectivity index (χ0) is 17.1. The van der Waals surface area contributed by atoms with Gasteiger partial charge in [-0.15, -0.1) is 0 Å². The second-order valence-corrected chi connectivity index (χ2v) is 6.61. The fourth-order valence-electron chi connectivity index (χ4n) is 2.78. The number of anilines is 2. The van der Waals surface area contributed by atoms with Gasteiger partial charge in [0, 0.05) is 48.4 Å². The van der Waals surface area contributed by atoms with Gasteiger partial charge in [-0.3, -0.25) is 14.4 Å². The number of carbonyl (C=O) groups is 2. The summed E-state index contributed by atoms with van der Waals surface area (Å²) in [6.45, 7) is 2.94. The van der Waals surface area contributed by atoms with Gasteiger partial charge in [0.15, 0.2) is 0 Å². The lowest BCUT2D eigenvalue weighted by molar-refractivity contribution is -0.117. The number of amides is 2. The van der Waals surface area contributed by atoms with Crippen LogP contribution in [0.5, 0.6) is 0 Å². The average Bonchev–Trinajstić information content (AvgIpc) is 3.12. The molecule has 2 aromatic rings. The van der Waals surface area contributed by atoms with Crippen LogP contribution in [0.3, 0.4) is 0 Å². The monoisotopic (exact) mass is 345 g/mol. The van der Waals surface area contributed by atoms with Crippen LogP contribution in [0.25, 0.3) is 0 Å². The number of nitrogens with zero attached hydrogens (tertiary/aromatic N) is 2. The molecule has 3 rings (SSSR count). The van der Waals surface area contributed by atoms with E-state index in [1.54, 1.807) is 20.9 Å². The van der Waals surface area contributed by atoms with Gasteiger partial charge in [-0.2, -0.15) is 0 Å². The van der Waals surface area contributed by atoms with E-state index in [1.807, 2.05) is 25.1 Å². The van der Waals surface area contributed by atoms with Gasteiger partial charge in [0.05, 0.1) is 0 Å². The summed E-state index contributed by atoms with van der Waals surface area (Å²) in [5.74, 6) is -0.0387. The standard InChI is InChI=1S/C17H19N3O3S/c1-12-11-24-17(23)19(12)9-7-15(21)18-13-4-2-5-14(10-13)20-8-3-6-16(20)22/h2,4-5,10-11H,3,6-9H2,1H3,(H,18,21). The third-order valence-corrected chi connectivity index (χ3v) is 4.93. The highest BCUT2D eigenvalue weighted by Gasteiger charge is 2.21. The van der Waals surface area contributed by atoms with Gasteiger partial charge in [-0.05, 0) is 31.5 Å². The maximum Gasteiger partial charge on any atom is 0.307 e. The van der Waals surface area contributed by atoms with Crippen LogP contribution in [0.4, 0.5) is 11.4 Å². The van der Waals surface area contributed by atoms with Crippen LogP contribution in [0, 0.1) is 6.92 Å². The molecule has 24 heavy (non-hydrogen) atoms. The maximum absolute atomic E-state index is 12.1. The van der Waals surface area contributed by atoms with Gasteiger partial charge in [-0.1, -0.05) is 17.4 Å². The molecule has 6 nitrogen and oxygen atoms in total. The Morgan fingerprint density at radius 1 is 1.33 bits per heavy atom. The molecule has 0 unspecified atom stereocenters. The molecule has 0 spiro atoms. The zero-order valence-electron chi connectivity index (χ0n) is 13.4. The highest BCUT2D eigenvalue weighted by Crippen LogP contribution is 2.24. The van der Waals surface area contributed by atoms with E-state index in [0.29, 0.717) is 18.7 Å². The summed E-state index contributed by atoms with van der Waals surface area (Å²) in [6.07, 6.45) is 1.67. The Hall–Kier alpha value is -2.41. The molecule has 1 fully saturated rings. The molecule has 126 valence electrons. The van der Waals surface area contributed by atoms with Gasteiger partial charge < -0.3 is 14.8 Å². The lowest BCUT2D eigenvalue weighted by Crippen LogP contribution is -2.24. The quantitative estimate of drug-likeness (QED) is 0.904. The lowest BCUT2D eigenvalue weighted by atomic mass is 10.2. The largest absolute Gasteiger partial charge is 0.326 e. The van der Waals surface area contributed by atoms with Crippen LogP contribution < -0.4 is 15.1 Å². The maximum atomic E-state index is 12.1. The molecule has 0 radical (unpaired) electrons. The number of nitrogens with one attached hydrogen (secondary N) is 1. The number of rotatable bonds is 5. The second kappa shape index (κ2) is 7.00. The van der Waals surface area contributed by atoms with Crippen molar-refractivity contribution in [3.63, 3.8) is 0 Å². The highest BCUT2D eigenvalue weighted by molar-refractivity contribution is 7.07. The fourth-order valence-corrected chi connectivity index (χ4v) is 3.55. The molecular formula is C17H19N3O3S. The molecule has 1 aliphatic rings. The molecule has 0 atom stereocenters. The van der Waals surface area contributed by atoms with Crippen molar-refractivity contribution in [3.05, 3.63) is 45.0 Å². The Kier molecular flexibility index (Phi) is 4.80. The Labute approximate surface area is 143 Å². The van der Waals surface area contributed by atoms with Crippen molar-refractivity contribution in [1.82, 2.24) is 4.57 Å². The second-order valence-electron chi connectivity index (χ2n) is 5.79. The smallest absolute Gasteiger partial charge is 0.307 e. The van der Waals surface area contributed by atoms with E-state index in [0.717, 1.165) is 35.7 Å². The first-order valence-electron chi connectivity index (χ1n) is 7.90. The molecule has 1 aromatic carbocycles. The Balaban J connectivity index is 1.62. The highest BCUT2D eigenvalue weighted by atomic mass is 32.1. The Morgan fingerprint density at radius 3 is 2.83 bits per heavy atom. The predicted molar refractivity (Wildman–Crippen MR) is 94.6 cm³/mol. The van der Waals surface area contributed by atoms with Gasteiger partial charge in [0.2, 0.25) is 11.8 Å². The van der Waals surface area contributed by atoms with Crippen molar-refractivity contribution in [1.29, 1.82) is 0 Å². The van der Waals surface area contributed by atoms with Crippen molar-refractivity contribution < 1.29 is 9.59 Å². The van der Waals surface area contributed by atoms with Crippen LogP contribution in [-0.2, 0) is 16.1 Å². The summed E-state index contributed by atoms with van der Waals surface area (Å²) in [6, 6.07) is 7.30. The van der Waals surface area contributed by atoms with E-state index in [4.69, 9.17) is 0 Å². The molecule has 7 heteroatoms. The third kappa shape index (κ3) is 3.56. The van der Waals surface area contributed by atoms with Gasteiger partial charge in [0.1, 0.15) is 0 Å². The molecule has 1 aromatic heterocycles. The number of carbonyl (C=O) groups excluding carboxylic acids is 2. The number of aromatic nitrogens is 1. The van der Waals surface area contributed by atoms with E-state index in [2.05, 4.69) is 5.32 Å². The van der Waals surface area contributed by atoms with Crippen LogP contribution in [0.1, 0.15) is 25.0 Å². The molecule has 2 heterocycles. The average molecular weight is 345 g/mol. The predicted octanol–water partition coefficient (Wildman–Crippen LogP) is 2.37. The van der Waals surface area contributed by atoms with Gasteiger partial charge >= 0.3 is 4.87 Å². The SMILES string of the molecule is Cc1csc(=O)n1CCC(=O)Nc1cccc(N2CCCC2=O)c1. The summed E-state index contributed by atoms with van der Waals surface area (Å²) in [5, 5.41) is 4.62. The summed E-state index contributed by atoms with van der Waals surface area (Å²) in [4.78, 5) is 37.3. The van der Waals surface area contributed by atoms with Crippen LogP contribution in [0.15, 0.2) is 34.4 Å². The molecule has 0 aliphatic carbocycles. The van der Waals surface area contributed by atoms with Crippen molar-refractivity contribution in [2.75, 3.05) is 16.8 Å². The van der Waals surface area contributed by atoms with Crippen molar-refractivity contribution in [3.8, 4) is 0 Å². The number of hydrogen-bond acceptors (Lipinski definition) is 4. The Bertz CT molecular complexity index is 824. The summed E-state index contributed by atoms with van der Waals surface area (Å²) < 4.78 is 1.60. The molecule has 0 bridgehead atoms.